The van der Waals surface area contributed by atoms with Crippen molar-refractivity contribution in [3.63, 3.8) is 0 Å². The highest BCUT2D eigenvalue weighted by Gasteiger charge is 2.70. The van der Waals surface area contributed by atoms with Crippen LogP contribution in [0.2, 0.25) is 0 Å². The van der Waals surface area contributed by atoms with Gasteiger partial charge in [0.15, 0.2) is 0 Å². The van der Waals surface area contributed by atoms with E-state index >= 15 is 9.59 Å². The van der Waals surface area contributed by atoms with Crippen molar-refractivity contribution < 1.29 is 24.5 Å². The van der Waals surface area contributed by atoms with Crippen molar-refractivity contribution in [2.45, 2.75) is 225 Å². The highest BCUT2D eigenvalue weighted by molar-refractivity contribution is 5.95. The SMILES string of the molecule is CC1(C)CCC2(C(=O)OC(=O)C34CCC(C)(C)CC3=C3C=CC5C6(C)CCC(O)C(C)(C)C6CCC5(C)C3(C)CC4)CCC3(C)C(=C2C1)C=CC1C2(C)CCC(O)C(C)(C)C2CCC13C. The summed E-state index contributed by atoms with van der Waals surface area (Å²) in [5, 5.41) is 22.5. The van der Waals surface area contributed by atoms with Gasteiger partial charge < -0.3 is 14.9 Å². The van der Waals surface area contributed by atoms with E-state index in [1.54, 1.807) is 0 Å². The first-order valence-electron chi connectivity index (χ1n) is 26.9. The molecule has 14 atom stereocenters. The van der Waals surface area contributed by atoms with Gasteiger partial charge in [0.1, 0.15) is 0 Å². The normalized spacial score (nSPS) is 50.8. The lowest BCUT2D eigenvalue weighted by Gasteiger charge is -2.69. The molecule has 0 aromatic heterocycles. The highest BCUT2D eigenvalue weighted by atomic mass is 16.6. The van der Waals surface area contributed by atoms with Crippen molar-refractivity contribution in [1.82, 2.24) is 0 Å². The maximum Gasteiger partial charge on any atom is 0.323 e. The maximum absolute atomic E-state index is 15.6. The van der Waals surface area contributed by atoms with Crippen LogP contribution in [0.15, 0.2) is 46.6 Å². The molecule has 0 aliphatic heterocycles. The Morgan fingerprint density at radius 1 is 0.477 bits per heavy atom. The van der Waals surface area contributed by atoms with Gasteiger partial charge in [0, 0.05) is 0 Å². The number of ether oxygens (including phenoxy) is 1. The van der Waals surface area contributed by atoms with Gasteiger partial charge in [0.25, 0.3) is 0 Å². The summed E-state index contributed by atoms with van der Waals surface area (Å²) in [5.41, 5.74) is 3.68. The summed E-state index contributed by atoms with van der Waals surface area (Å²) in [6.07, 6.45) is 26.3. The second kappa shape index (κ2) is 13.9. The number of carbonyl (C=O) groups is 2. The van der Waals surface area contributed by atoms with E-state index in [1.807, 2.05) is 0 Å². The first kappa shape index (κ1) is 46.7. The molecule has 2 N–H and O–H groups in total. The molecule has 10 aliphatic rings. The molecule has 14 unspecified atom stereocenters. The standard InChI is InChI=1S/C60H90O5/c1-49(2)27-31-59(33-29-55(11)37(39(59)35-49)15-17-43-53(9)23-21-45(61)51(5,6)41(53)19-25-57(43,55)13)47(63)65-48(64)60-32-28-50(3,4)36-40(60)38-16-18-44-54(10)24-22-46(62)52(7,8)42(54)20-26-58(44,14)56(38,12)30-34-60/h15-18,41-46,61-62H,19-36H2,1-14H3. The number of hydrogen-bond donors (Lipinski definition) is 2. The third-order valence-corrected chi connectivity index (χ3v) is 25.0. The number of aliphatic hydroxyl groups excluding tert-OH is 2. The largest absolute Gasteiger partial charge is 0.393 e. The van der Waals surface area contributed by atoms with Crippen molar-refractivity contribution >= 4 is 11.9 Å². The Kier molecular flexibility index (Phi) is 9.97. The first-order chi connectivity index (χ1) is 29.9. The zero-order chi connectivity index (χ0) is 47.2. The molecule has 5 nitrogen and oxygen atoms in total. The van der Waals surface area contributed by atoms with E-state index in [4.69, 9.17) is 4.74 Å². The first-order valence-corrected chi connectivity index (χ1v) is 26.9. The summed E-state index contributed by atoms with van der Waals surface area (Å²) < 4.78 is 6.67. The molecule has 5 heteroatoms. The van der Waals surface area contributed by atoms with Gasteiger partial charge in [-0.15, -0.1) is 0 Å². The Balaban J connectivity index is 1.02. The van der Waals surface area contributed by atoms with Crippen LogP contribution in [-0.4, -0.2) is 34.4 Å². The zero-order valence-corrected chi connectivity index (χ0v) is 43.6. The van der Waals surface area contributed by atoms with Gasteiger partial charge in [-0.3, -0.25) is 9.59 Å². The topological polar surface area (TPSA) is 83.8 Å². The summed E-state index contributed by atoms with van der Waals surface area (Å²) in [5.74, 6) is 1.20. The number of hydrogen-bond acceptors (Lipinski definition) is 5. The van der Waals surface area contributed by atoms with Crippen LogP contribution >= 0.6 is 0 Å². The average Bonchev–Trinajstić information content (AvgIpc) is 3.21. The molecule has 0 heterocycles. The van der Waals surface area contributed by atoms with Crippen LogP contribution in [0.1, 0.15) is 213 Å². The lowest BCUT2D eigenvalue weighted by molar-refractivity contribution is -0.188. The predicted molar refractivity (Wildman–Crippen MR) is 261 cm³/mol. The number of aliphatic hydroxyl groups is 2. The minimum absolute atomic E-state index is 0.0269. The molecule has 6 fully saturated rings. The number of carbonyl (C=O) groups excluding carboxylic acids is 2. The van der Waals surface area contributed by atoms with E-state index in [0.29, 0.717) is 23.7 Å². The molecule has 10 aliphatic carbocycles. The molecule has 0 aromatic rings. The van der Waals surface area contributed by atoms with Crippen LogP contribution in [0.3, 0.4) is 0 Å². The van der Waals surface area contributed by atoms with Crippen LogP contribution in [0.25, 0.3) is 0 Å². The Morgan fingerprint density at radius 2 is 0.831 bits per heavy atom. The Bertz CT molecular complexity index is 2050. The van der Waals surface area contributed by atoms with Gasteiger partial charge in [0.05, 0.1) is 23.0 Å². The molecular formula is C60H90O5. The van der Waals surface area contributed by atoms with Gasteiger partial charge in [-0.1, -0.05) is 121 Å². The number of allylic oxidation sites excluding steroid dienone is 6. The second-order valence-electron chi connectivity index (χ2n) is 29.4. The van der Waals surface area contributed by atoms with Crippen molar-refractivity contribution in [1.29, 1.82) is 0 Å². The summed E-state index contributed by atoms with van der Waals surface area (Å²) >= 11 is 0. The van der Waals surface area contributed by atoms with Crippen molar-refractivity contribution in [2.75, 3.05) is 0 Å². The van der Waals surface area contributed by atoms with Gasteiger partial charge in [0.2, 0.25) is 0 Å². The predicted octanol–water partition coefficient (Wildman–Crippen LogP) is 14.2. The quantitative estimate of drug-likeness (QED) is 0.213. The van der Waals surface area contributed by atoms with Crippen molar-refractivity contribution in [3.8, 4) is 0 Å². The van der Waals surface area contributed by atoms with Gasteiger partial charge >= 0.3 is 11.9 Å². The summed E-state index contributed by atoms with van der Waals surface area (Å²) in [6, 6.07) is 0. The van der Waals surface area contributed by atoms with Gasteiger partial charge in [-0.2, -0.15) is 0 Å². The molecule has 0 amide bonds. The van der Waals surface area contributed by atoms with E-state index < -0.39 is 10.8 Å². The van der Waals surface area contributed by atoms with Gasteiger partial charge in [-0.05, 0) is 216 Å². The third kappa shape index (κ3) is 5.81. The lowest BCUT2D eigenvalue weighted by atomic mass is 9.35. The number of fused-ring (bicyclic) bond motifs is 12. The minimum Gasteiger partial charge on any atom is -0.393 e. The molecule has 0 bridgehead atoms. The molecule has 0 saturated heterocycles. The molecule has 10 rings (SSSR count). The minimum atomic E-state index is -0.784. The fourth-order valence-corrected chi connectivity index (χ4v) is 20.1. The van der Waals surface area contributed by atoms with E-state index in [2.05, 4.69) is 121 Å². The Labute approximate surface area is 394 Å². The van der Waals surface area contributed by atoms with E-state index in [0.717, 1.165) is 116 Å². The monoisotopic (exact) mass is 891 g/mol. The molecule has 65 heavy (non-hydrogen) atoms. The van der Waals surface area contributed by atoms with Crippen LogP contribution in [0.5, 0.6) is 0 Å². The van der Waals surface area contributed by atoms with E-state index in [9.17, 15) is 10.2 Å². The zero-order valence-electron chi connectivity index (χ0n) is 43.6. The molecular weight excluding hydrogens is 801 g/mol. The van der Waals surface area contributed by atoms with E-state index in [1.165, 1.54) is 22.3 Å². The van der Waals surface area contributed by atoms with Crippen LogP contribution in [0.4, 0.5) is 0 Å². The molecule has 0 aromatic carbocycles. The molecule has 0 radical (unpaired) electrons. The molecule has 0 spiro atoms. The third-order valence-electron chi connectivity index (χ3n) is 25.0. The average molecular weight is 891 g/mol. The molecule has 6 saturated carbocycles. The van der Waals surface area contributed by atoms with Crippen molar-refractivity contribution in [2.24, 2.45) is 88.7 Å². The smallest absolute Gasteiger partial charge is 0.323 e. The molecule has 360 valence electrons. The summed E-state index contributed by atoms with van der Waals surface area (Å²) in [6.45, 7) is 34.1. The van der Waals surface area contributed by atoms with Crippen LogP contribution in [0, 0.1) is 88.7 Å². The fraction of sp³-hybridized carbons (Fsp3) is 0.833. The number of rotatable bonds is 2. The Morgan fingerprint density at radius 3 is 1.20 bits per heavy atom. The lowest BCUT2D eigenvalue weighted by Crippen LogP contribution is -2.63. The summed E-state index contributed by atoms with van der Waals surface area (Å²) in [7, 11) is 0. The summed E-state index contributed by atoms with van der Waals surface area (Å²) in [4.78, 5) is 31.1. The van der Waals surface area contributed by atoms with Gasteiger partial charge in [-0.25, -0.2) is 0 Å². The Hall–Kier alpha value is -1.98. The second-order valence-corrected chi connectivity index (χ2v) is 29.4. The van der Waals surface area contributed by atoms with Crippen molar-refractivity contribution in [3.05, 3.63) is 46.6 Å². The highest BCUT2D eigenvalue weighted by Crippen LogP contribution is 2.77. The van der Waals surface area contributed by atoms with Crippen LogP contribution < -0.4 is 0 Å². The van der Waals surface area contributed by atoms with E-state index in [-0.39, 0.29) is 78.3 Å². The fourth-order valence-electron chi connectivity index (χ4n) is 20.1. The number of esters is 2. The van der Waals surface area contributed by atoms with Crippen LogP contribution in [-0.2, 0) is 14.3 Å². The maximum atomic E-state index is 15.6.